The van der Waals surface area contributed by atoms with Gasteiger partial charge in [0.25, 0.3) is 0 Å². The second-order valence-electron chi connectivity index (χ2n) is 4.73. The van der Waals surface area contributed by atoms with Crippen molar-refractivity contribution < 1.29 is 14.7 Å². The molecular formula is C13H16BrNO3. The molecule has 0 aliphatic heterocycles. The molecule has 1 aromatic rings. The quantitative estimate of drug-likeness (QED) is 0.893. The second kappa shape index (κ2) is 5.52. The molecule has 0 radical (unpaired) electrons. The molecule has 1 rings (SSSR count). The van der Waals surface area contributed by atoms with E-state index in [-0.39, 0.29) is 11.5 Å². The number of carboxylic acids is 1. The van der Waals surface area contributed by atoms with E-state index >= 15 is 0 Å². The predicted molar refractivity (Wildman–Crippen MR) is 73.8 cm³/mol. The van der Waals surface area contributed by atoms with Gasteiger partial charge >= 0.3 is 5.97 Å². The van der Waals surface area contributed by atoms with Crippen LogP contribution >= 0.6 is 15.9 Å². The molecule has 0 spiro atoms. The maximum Gasteiger partial charge on any atom is 0.335 e. The summed E-state index contributed by atoms with van der Waals surface area (Å²) in [6.07, 6.45) is 0.707. The average molecular weight is 314 g/mol. The van der Waals surface area contributed by atoms with Crippen molar-refractivity contribution in [1.82, 2.24) is 0 Å². The van der Waals surface area contributed by atoms with Crippen LogP contribution in [0.5, 0.6) is 0 Å². The molecule has 2 N–H and O–H groups in total. The van der Waals surface area contributed by atoms with Crippen molar-refractivity contribution in [1.29, 1.82) is 0 Å². The monoisotopic (exact) mass is 313 g/mol. The summed E-state index contributed by atoms with van der Waals surface area (Å²) < 4.78 is 0.618. The number of rotatable bonds is 4. The molecule has 4 nitrogen and oxygen atoms in total. The van der Waals surface area contributed by atoms with Crippen LogP contribution in [0.1, 0.15) is 37.6 Å². The Kier molecular flexibility index (Phi) is 4.51. The Bertz CT molecular complexity index is 483. The highest BCUT2D eigenvalue weighted by Crippen LogP contribution is 2.24. The summed E-state index contributed by atoms with van der Waals surface area (Å²) in [5, 5.41) is 11.7. The van der Waals surface area contributed by atoms with Gasteiger partial charge in [-0.05, 0) is 24.6 Å². The summed E-state index contributed by atoms with van der Waals surface area (Å²) in [5.74, 6) is -1.15. The number of carbonyl (C=O) groups excluding carboxylic acids is 1. The van der Waals surface area contributed by atoms with Crippen LogP contribution in [0.4, 0.5) is 5.69 Å². The van der Waals surface area contributed by atoms with Gasteiger partial charge in [0.05, 0.1) is 5.56 Å². The van der Waals surface area contributed by atoms with Crippen molar-refractivity contribution in [2.75, 3.05) is 5.32 Å². The Morgan fingerprint density at radius 3 is 2.44 bits per heavy atom. The fourth-order valence-electron chi connectivity index (χ4n) is 1.25. The number of halogens is 1. The van der Waals surface area contributed by atoms with Gasteiger partial charge in [0.15, 0.2) is 0 Å². The topological polar surface area (TPSA) is 66.4 Å². The molecule has 5 heteroatoms. The maximum atomic E-state index is 12.0. The fourth-order valence-corrected chi connectivity index (χ4v) is 1.74. The van der Waals surface area contributed by atoms with Crippen molar-refractivity contribution in [3.63, 3.8) is 0 Å². The number of hydrogen-bond acceptors (Lipinski definition) is 2. The van der Waals surface area contributed by atoms with Crippen LogP contribution in [0, 0.1) is 5.41 Å². The van der Waals surface area contributed by atoms with Crippen LogP contribution in [-0.4, -0.2) is 17.0 Å². The highest BCUT2D eigenvalue weighted by atomic mass is 79.9. The Labute approximate surface area is 115 Å². The van der Waals surface area contributed by atoms with Crippen molar-refractivity contribution in [3.8, 4) is 0 Å². The number of anilines is 1. The molecule has 0 saturated carbocycles. The van der Waals surface area contributed by atoms with Gasteiger partial charge < -0.3 is 10.4 Å². The molecule has 18 heavy (non-hydrogen) atoms. The predicted octanol–water partition coefficient (Wildman–Crippen LogP) is 3.52. The van der Waals surface area contributed by atoms with Crippen LogP contribution < -0.4 is 5.32 Å². The van der Waals surface area contributed by atoms with Crippen molar-refractivity contribution in [2.45, 2.75) is 27.2 Å². The van der Waals surface area contributed by atoms with Crippen LogP contribution in [0.15, 0.2) is 22.7 Å². The Balaban J connectivity index is 2.98. The third-order valence-corrected chi connectivity index (χ3v) is 3.36. The van der Waals surface area contributed by atoms with E-state index in [1.54, 1.807) is 6.07 Å². The van der Waals surface area contributed by atoms with E-state index in [1.165, 1.54) is 12.1 Å². The third kappa shape index (κ3) is 3.57. The standard InChI is InChI=1S/C13H16BrNO3/c1-4-13(2,3)12(18)15-10-6-8(11(16)17)5-9(14)7-10/h5-7H,4H2,1-3H3,(H,15,18)(H,16,17). The number of hydrogen-bond donors (Lipinski definition) is 2. The van der Waals surface area contributed by atoms with Crippen LogP contribution in [-0.2, 0) is 4.79 Å². The fraction of sp³-hybridized carbons (Fsp3) is 0.385. The molecule has 0 bridgehead atoms. The molecule has 0 aliphatic rings. The Hall–Kier alpha value is -1.36. The highest BCUT2D eigenvalue weighted by molar-refractivity contribution is 9.10. The number of benzene rings is 1. The first kappa shape index (κ1) is 14.7. The summed E-state index contributed by atoms with van der Waals surface area (Å²) in [6, 6.07) is 4.61. The lowest BCUT2D eigenvalue weighted by molar-refractivity contribution is -0.124. The maximum absolute atomic E-state index is 12.0. The Morgan fingerprint density at radius 2 is 1.94 bits per heavy atom. The van der Waals surface area contributed by atoms with Crippen LogP contribution in [0.25, 0.3) is 0 Å². The molecule has 98 valence electrons. The van der Waals surface area contributed by atoms with E-state index in [0.29, 0.717) is 16.6 Å². The van der Waals surface area contributed by atoms with E-state index in [0.717, 1.165) is 0 Å². The molecule has 0 atom stereocenters. The van der Waals surface area contributed by atoms with Gasteiger partial charge in [-0.25, -0.2) is 4.79 Å². The van der Waals surface area contributed by atoms with E-state index in [4.69, 9.17) is 5.11 Å². The summed E-state index contributed by atoms with van der Waals surface area (Å²) in [4.78, 5) is 22.9. The molecule has 0 aliphatic carbocycles. The highest BCUT2D eigenvalue weighted by Gasteiger charge is 2.25. The minimum atomic E-state index is -1.03. The lowest BCUT2D eigenvalue weighted by Gasteiger charge is -2.21. The molecule has 0 unspecified atom stereocenters. The van der Waals surface area contributed by atoms with Gasteiger partial charge in [0.1, 0.15) is 0 Å². The Morgan fingerprint density at radius 1 is 1.33 bits per heavy atom. The van der Waals surface area contributed by atoms with E-state index in [2.05, 4.69) is 21.2 Å². The zero-order chi connectivity index (χ0) is 13.9. The summed E-state index contributed by atoms with van der Waals surface area (Å²) in [5.41, 5.74) is 0.133. The van der Waals surface area contributed by atoms with Crippen LogP contribution in [0.3, 0.4) is 0 Å². The second-order valence-corrected chi connectivity index (χ2v) is 5.64. The zero-order valence-electron chi connectivity index (χ0n) is 10.6. The van der Waals surface area contributed by atoms with Crippen molar-refractivity contribution >= 4 is 33.5 Å². The lowest BCUT2D eigenvalue weighted by atomic mass is 9.89. The number of nitrogens with one attached hydrogen (secondary N) is 1. The summed E-state index contributed by atoms with van der Waals surface area (Å²) in [7, 11) is 0. The zero-order valence-corrected chi connectivity index (χ0v) is 12.2. The molecular weight excluding hydrogens is 298 g/mol. The first-order chi connectivity index (χ1) is 8.26. The minimum absolute atomic E-state index is 0.126. The van der Waals surface area contributed by atoms with Gasteiger partial charge in [-0.1, -0.05) is 36.7 Å². The summed E-state index contributed by atoms with van der Waals surface area (Å²) >= 11 is 3.22. The lowest BCUT2D eigenvalue weighted by Crippen LogP contribution is -2.30. The van der Waals surface area contributed by atoms with Crippen molar-refractivity contribution in [2.24, 2.45) is 5.41 Å². The minimum Gasteiger partial charge on any atom is -0.478 e. The van der Waals surface area contributed by atoms with Gasteiger partial charge in [-0.15, -0.1) is 0 Å². The molecule has 1 aromatic carbocycles. The van der Waals surface area contributed by atoms with Crippen LogP contribution in [0.2, 0.25) is 0 Å². The van der Waals surface area contributed by atoms with E-state index in [9.17, 15) is 9.59 Å². The van der Waals surface area contributed by atoms with E-state index < -0.39 is 11.4 Å². The van der Waals surface area contributed by atoms with Crippen molar-refractivity contribution in [3.05, 3.63) is 28.2 Å². The molecule has 1 amide bonds. The largest absolute Gasteiger partial charge is 0.478 e. The molecule has 0 heterocycles. The van der Waals surface area contributed by atoms with Gasteiger partial charge in [0, 0.05) is 15.6 Å². The number of aromatic carboxylic acids is 1. The SMILES string of the molecule is CCC(C)(C)C(=O)Nc1cc(Br)cc(C(=O)O)c1. The van der Waals surface area contributed by atoms with E-state index in [1.807, 2.05) is 20.8 Å². The molecule has 0 saturated heterocycles. The summed E-state index contributed by atoms with van der Waals surface area (Å²) in [6.45, 7) is 5.63. The van der Waals surface area contributed by atoms with Gasteiger partial charge in [0.2, 0.25) is 5.91 Å². The van der Waals surface area contributed by atoms with Gasteiger partial charge in [-0.3, -0.25) is 4.79 Å². The molecule has 0 aromatic heterocycles. The first-order valence-corrected chi connectivity index (χ1v) is 6.41. The van der Waals surface area contributed by atoms with Gasteiger partial charge in [-0.2, -0.15) is 0 Å². The number of carboxylic acid groups (broad SMARTS) is 1. The molecule has 0 fully saturated rings. The third-order valence-electron chi connectivity index (χ3n) is 2.90. The number of carbonyl (C=O) groups is 2. The number of amides is 1. The normalized spacial score (nSPS) is 11.1. The average Bonchev–Trinajstić information content (AvgIpc) is 2.28. The first-order valence-electron chi connectivity index (χ1n) is 5.61. The smallest absolute Gasteiger partial charge is 0.335 e.